The van der Waals surface area contributed by atoms with Gasteiger partial charge in [-0.3, -0.25) is 0 Å². The molecule has 0 unspecified atom stereocenters. The number of hydrogen-bond acceptors (Lipinski definition) is 1. The molecule has 0 bridgehead atoms. The third-order valence-electron chi connectivity index (χ3n) is 1.00. The van der Waals surface area contributed by atoms with Crippen molar-refractivity contribution >= 4 is 0 Å². The Morgan fingerprint density at radius 2 is 1.31 bits per heavy atom. The van der Waals surface area contributed by atoms with E-state index in [0.29, 0.717) is 0 Å². The maximum Gasteiger partial charge on any atom is 1.00 e. The zero-order chi connectivity index (χ0) is 8.36. The first-order valence-electron chi connectivity index (χ1n) is 3.81. The summed E-state index contributed by atoms with van der Waals surface area (Å²) in [5.41, 5.74) is 0. The topological polar surface area (TPSA) is 40.7 Å². The van der Waals surface area contributed by atoms with E-state index in [2.05, 4.69) is 0 Å². The molecule has 0 heterocycles. The van der Waals surface area contributed by atoms with E-state index in [9.17, 15) is 0 Å². The van der Waals surface area contributed by atoms with Gasteiger partial charge in [0.25, 0.3) is 0 Å². The van der Waals surface area contributed by atoms with Gasteiger partial charge in [0.15, 0.2) is 0 Å². The SMILES string of the molecule is C[CH-]OCC.O.[Na+].c1ccccc1. The molecule has 1 aromatic rings. The molecule has 0 fully saturated rings. The molecule has 0 aromatic heterocycles. The van der Waals surface area contributed by atoms with Crippen molar-refractivity contribution in [2.24, 2.45) is 0 Å². The molecular weight excluding hydrogens is 175 g/mol. The fourth-order valence-corrected chi connectivity index (χ4v) is 0.552. The Balaban J connectivity index is -0.000000136. The summed E-state index contributed by atoms with van der Waals surface area (Å²) in [6, 6.07) is 12.0. The van der Waals surface area contributed by atoms with Crippen molar-refractivity contribution in [1.82, 2.24) is 0 Å². The van der Waals surface area contributed by atoms with Gasteiger partial charge >= 0.3 is 29.6 Å². The third-order valence-corrected chi connectivity index (χ3v) is 1.00. The van der Waals surface area contributed by atoms with Gasteiger partial charge in [0.2, 0.25) is 0 Å². The minimum Gasteiger partial charge on any atom is -0.552 e. The van der Waals surface area contributed by atoms with Gasteiger partial charge in [-0.25, -0.2) is 6.61 Å². The molecule has 0 radical (unpaired) electrons. The molecule has 2 N–H and O–H groups in total. The Hall–Kier alpha value is 0.140. The molecule has 70 valence electrons. The predicted molar refractivity (Wildman–Crippen MR) is 51.7 cm³/mol. The van der Waals surface area contributed by atoms with Crippen LogP contribution in [0, 0.1) is 6.61 Å². The van der Waals surface area contributed by atoms with Gasteiger partial charge in [-0.1, -0.05) is 36.4 Å². The van der Waals surface area contributed by atoms with E-state index < -0.39 is 0 Å². The maximum absolute atomic E-state index is 4.71. The van der Waals surface area contributed by atoms with Crippen LogP contribution >= 0.6 is 0 Å². The molecule has 13 heavy (non-hydrogen) atoms. The van der Waals surface area contributed by atoms with Crippen molar-refractivity contribution in [1.29, 1.82) is 0 Å². The molecule has 0 saturated heterocycles. The Bertz CT molecular complexity index is 116. The second-order valence-corrected chi connectivity index (χ2v) is 1.85. The number of benzene rings is 1. The van der Waals surface area contributed by atoms with E-state index in [1.165, 1.54) is 0 Å². The average molecular weight is 192 g/mol. The number of ether oxygens (including phenoxy) is 1. The summed E-state index contributed by atoms with van der Waals surface area (Å²) in [4.78, 5) is 0. The standard InChI is InChI=1S/C6H6.C4H9O.Na.H2O/c1-2-4-6-5-3-1;1-3-5-4-2;;/h1-6H;3H,4H2,1-2H3;;1H2/q;-1;+1;. The Labute approximate surface area is 103 Å². The van der Waals surface area contributed by atoms with Crippen molar-refractivity contribution in [3.8, 4) is 0 Å². The minimum absolute atomic E-state index is 0. The summed E-state index contributed by atoms with van der Waals surface area (Å²) in [5.74, 6) is 0. The van der Waals surface area contributed by atoms with E-state index in [4.69, 9.17) is 4.74 Å². The van der Waals surface area contributed by atoms with Gasteiger partial charge < -0.3 is 10.2 Å². The van der Waals surface area contributed by atoms with Crippen LogP contribution in [-0.2, 0) is 4.74 Å². The second-order valence-electron chi connectivity index (χ2n) is 1.85. The van der Waals surface area contributed by atoms with E-state index in [1.54, 1.807) is 6.61 Å². The predicted octanol–water partition coefficient (Wildman–Crippen LogP) is -0.930. The van der Waals surface area contributed by atoms with Crippen molar-refractivity contribution in [3.63, 3.8) is 0 Å². The molecular formula is C10H17NaO2. The normalized spacial score (nSPS) is 6.92. The molecule has 0 aliphatic rings. The molecule has 0 atom stereocenters. The van der Waals surface area contributed by atoms with Crippen LogP contribution in [-0.4, -0.2) is 12.1 Å². The first kappa shape index (κ1) is 18.8. The van der Waals surface area contributed by atoms with Crippen LogP contribution in [0.5, 0.6) is 0 Å². The smallest absolute Gasteiger partial charge is 0.552 e. The van der Waals surface area contributed by atoms with E-state index in [-0.39, 0.29) is 35.0 Å². The summed E-state index contributed by atoms with van der Waals surface area (Å²) in [5, 5.41) is 0. The Morgan fingerprint density at radius 1 is 1.00 bits per heavy atom. The van der Waals surface area contributed by atoms with Crippen LogP contribution in [0.3, 0.4) is 0 Å². The fourth-order valence-electron chi connectivity index (χ4n) is 0.552. The molecule has 0 amide bonds. The second kappa shape index (κ2) is 18.0. The summed E-state index contributed by atoms with van der Waals surface area (Å²) in [6.45, 7) is 6.29. The average Bonchev–Trinajstić information content (AvgIpc) is 2.10. The summed E-state index contributed by atoms with van der Waals surface area (Å²) >= 11 is 0. The van der Waals surface area contributed by atoms with Crippen LogP contribution < -0.4 is 29.6 Å². The maximum atomic E-state index is 4.71. The number of hydrogen-bond donors (Lipinski definition) is 0. The molecule has 1 aromatic carbocycles. The van der Waals surface area contributed by atoms with E-state index in [1.807, 2.05) is 50.2 Å². The van der Waals surface area contributed by atoms with Crippen LogP contribution in [0.1, 0.15) is 13.8 Å². The number of rotatable bonds is 2. The van der Waals surface area contributed by atoms with Crippen molar-refractivity contribution in [2.75, 3.05) is 6.61 Å². The first-order valence-corrected chi connectivity index (χ1v) is 3.81. The van der Waals surface area contributed by atoms with Crippen molar-refractivity contribution < 1.29 is 39.8 Å². The van der Waals surface area contributed by atoms with Gasteiger partial charge in [0.1, 0.15) is 0 Å². The molecule has 0 aliphatic heterocycles. The van der Waals surface area contributed by atoms with Gasteiger partial charge in [0, 0.05) is 6.61 Å². The molecule has 0 spiro atoms. The minimum atomic E-state index is 0. The van der Waals surface area contributed by atoms with Crippen molar-refractivity contribution in [2.45, 2.75) is 13.8 Å². The molecule has 1 rings (SSSR count). The van der Waals surface area contributed by atoms with E-state index in [0.717, 1.165) is 6.61 Å². The Kier molecular flexibility index (Phi) is 26.1. The van der Waals surface area contributed by atoms with Crippen molar-refractivity contribution in [3.05, 3.63) is 43.0 Å². The van der Waals surface area contributed by atoms with Crippen LogP contribution in [0.4, 0.5) is 0 Å². The van der Waals surface area contributed by atoms with Gasteiger partial charge in [0.05, 0.1) is 0 Å². The van der Waals surface area contributed by atoms with Gasteiger partial charge in [-0.15, -0.1) is 0 Å². The third kappa shape index (κ3) is 18.8. The van der Waals surface area contributed by atoms with Crippen LogP contribution in [0.15, 0.2) is 36.4 Å². The van der Waals surface area contributed by atoms with Crippen LogP contribution in [0.25, 0.3) is 0 Å². The largest absolute Gasteiger partial charge is 1.00 e. The Morgan fingerprint density at radius 3 is 1.38 bits per heavy atom. The van der Waals surface area contributed by atoms with Gasteiger partial charge in [-0.05, 0) is 6.92 Å². The zero-order valence-electron chi connectivity index (χ0n) is 8.66. The quantitative estimate of drug-likeness (QED) is 0.441. The fraction of sp³-hybridized carbons (Fsp3) is 0.300. The molecule has 2 nitrogen and oxygen atoms in total. The molecule has 0 aliphatic carbocycles. The summed E-state index contributed by atoms with van der Waals surface area (Å²) in [6.07, 6.45) is 0. The molecule has 3 heteroatoms. The van der Waals surface area contributed by atoms with E-state index >= 15 is 0 Å². The summed E-state index contributed by atoms with van der Waals surface area (Å²) in [7, 11) is 0. The zero-order valence-corrected chi connectivity index (χ0v) is 10.7. The monoisotopic (exact) mass is 192 g/mol. The molecule has 0 saturated carbocycles. The summed E-state index contributed by atoms with van der Waals surface area (Å²) < 4.78 is 4.71. The van der Waals surface area contributed by atoms with Crippen LogP contribution in [0.2, 0.25) is 0 Å². The van der Waals surface area contributed by atoms with Gasteiger partial charge in [-0.2, -0.15) is 6.92 Å². The first-order chi connectivity index (χ1) is 5.41.